The van der Waals surface area contributed by atoms with Crippen LogP contribution < -0.4 is 10.5 Å². The fraction of sp³-hybridized carbons (Fsp3) is 0.409. The van der Waals surface area contributed by atoms with Crippen molar-refractivity contribution in [3.05, 3.63) is 65.2 Å². The number of hydrogen-bond donors (Lipinski definition) is 6. The number of ether oxygens (including phenoxy) is 2. The van der Waals surface area contributed by atoms with Crippen LogP contribution in [0.2, 0.25) is 0 Å². The Balaban J connectivity index is 0.000000785. The molecule has 9 heteroatoms. The molecule has 0 saturated carbocycles. The van der Waals surface area contributed by atoms with Gasteiger partial charge in [0, 0.05) is 19.9 Å². The lowest BCUT2D eigenvalue weighted by molar-refractivity contribution is -0.277. The second kappa shape index (κ2) is 11.8. The largest absolute Gasteiger partial charge is 0.481 e. The van der Waals surface area contributed by atoms with Gasteiger partial charge in [0.1, 0.15) is 30.2 Å². The van der Waals surface area contributed by atoms with Crippen molar-refractivity contribution >= 4 is 5.97 Å². The summed E-state index contributed by atoms with van der Waals surface area (Å²) >= 11 is 0. The lowest BCUT2D eigenvalue weighted by Gasteiger charge is -2.39. The Morgan fingerprint density at radius 2 is 1.58 bits per heavy atom. The standard InChI is InChI=1S/C20H25NO6.C2H4O2/c21-10-13-7-5-12(6-8-13)9-14-3-1-2-4-15(14)26-20-19(25)18(24)17(23)16(11-22)27-20;1-2(3)4/h1-8,16-20,22-25H,9-11,21H2;1H3,(H,3,4)/t16-,17-,18+,19-,20-;/m1./s1. The van der Waals surface area contributed by atoms with E-state index in [0.717, 1.165) is 23.6 Å². The van der Waals surface area contributed by atoms with E-state index < -0.39 is 43.3 Å². The molecule has 0 aliphatic carbocycles. The fourth-order valence-electron chi connectivity index (χ4n) is 3.07. The van der Waals surface area contributed by atoms with Crippen LogP contribution in [0.5, 0.6) is 5.75 Å². The molecule has 0 unspecified atom stereocenters. The fourth-order valence-corrected chi connectivity index (χ4v) is 3.07. The molecule has 0 radical (unpaired) electrons. The Bertz CT molecular complexity index is 823. The molecular formula is C22H29NO8. The topological polar surface area (TPSA) is 163 Å². The average Bonchev–Trinajstić information content (AvgIpc) is 2.75. The highest BCUT2D eigenvalue weighted by atomic mass is 16.7. The van der Waals surface area contributed by atoms with Crippen LogP contribution in [0.3, 0.4) is 0 Å². The van der Waals surface area contributed by atoms with Gasteiger partial charge >= 0.3 is 0 Å². The number of para-hydroxylation sites is 1. The molecule has 0 spiro atoms. The number of aliphatic hydroxyl groups is 4. The van der Waals surface area contributed by atoms with E-state index >= 15 is 0 Å². The number of hydrogen-bond acceptors (Lipinski definition) is 8. The molecule has 1 aliphatic rings. The molecule has 0 bridgehead atoms. The monoisotopic (exact) mass is 435 g/mol. The third-order valence-electron chi connectivity index (χ3n) is 4.72. The molecule has 2 aromatic rings. The van der Waals surface area contributed by atoms with Crippen molar-refractivity contribution < 1.29 is 39.8 Å². The van der Waals surface area contributed by atoms with Gasteiger partial charge < -0.3 is 40.7 Å². The summed E-state index contributed by atoms with van der Waals surface area (Å²) in [6, 6.07) is 15.2. The van der Waals surface area contributed by atoms with E-state index in [1.54, 1.807) is 12.1 Å². The summed E-state index contributed by atoms with van der Waals surface area (Å²) in [5, 5.41) is 46.7. The molecule has 1 saturated heterocycles. The van der Waals surface area contributed by atoms with Crippen LogP contribution in [0.1, 0.15) is 23.6 Å². The van der Waals surface area contributed by atoms with E-state index in [2.05, 4.69) is 0 Å². The number of aliphatic carboxylic acids is 1. The van der Waals surface area contributed by atoms with E-state index in [4.69, 9.17) is 25.1 Å². The quantitative estimate of drug-likeness (QED) is 0.367. The van der Waals surface area contributed by atoms with Crippen molar-refractivity contribution in [2.24, 2.45) is 5.73 Å². The zero-order valence-electron chi connectivity index (χ0n) is 17.2. The molecule has 5 atom stereocenters. The lowest BCUT2D eigenvalue weighted by Crippen LogP contribution is -2.60. The van der Waals surface area contributed by atoms with Crippen LogP contribution in [0.4, 0.5) is 0 Å². The molecule has 7 N–H and O–H groups in total. The number of carbonyl (C=O) groups is 1. The first-order valence-electron chi connectivity index (χ1n) is 9.79. The van der Waals surface area contributed by atoms with E-state index in [1.807, 2.05) is 36.4 Å². The number of aliphatic hydroxyl groups excluding tert-OH is 4. The third-order valence-corrected chi connectivity index (χ3v) is 4.72. The van der Waals surface area contributed by atoms with Gasteiger partial charge in [-0.1, -0.05) is 42.5 Å². The van der Waals surface area contributed by atoms with Gasteiger partial charge in [0.15, 0.2) is 0 Å². The van der Waals surface area contributed by atoms with Gasteiger partial charge in [0.05, 0.1) is 6.61 Å². The highest BCUT2D eigenvalue weighted by Gasteiger charge is 2.44. The zero-order chi connectivity index (χ0) is 23.0. The van der Waals surface area contributed by atoms with Crippen LogP contribution >= 0.6 is 0 Å². The summed E-state index contributed by atoms with van der Waals surface area (Å²) < 4.78 is 11.2. The first-order chi connectivity index (χ1) is 14.8. The van der Waals surface area contributed by atoms with Crippen molar-refractivity contribution in [1.82, 2.24) is 0 Å². The number of rotatable bonds is 6. The maximum Gasteiger partial charge on any atom is 0.300 e. The molecule has 0 amide bonds. The Morgan fingerprint density at radius 1 is 1.00 bits per heavy atom. The van der Waals surface area contributed by atoms with E-state index in [0.29, 0.717) is 18.7 Å². The molecule has 170 valence electrons. The zero-order valence-corrected chi connectivity index (χ0v) is 17.2. The van der Waals surface area contributed by atoms with Crippen LogP contribution in [-0.2, 0) is 22.5 Å². The first kappa shape index (κ1) is 24.7. The second-order valence-electron chi connectivity index (χ2n) is 7.14. The molecule has 1 fully saturated rings. The summed E-state index contributed by atoms with van der Waals surface area (Å²) in [5.41, 5.74) is 8.61. The van der Waals surface area contributed by atoms with E-state index in [1.165, 1.54) is 0 Å². The number of nitrogens with two attached hydrogens (primary N) is 1. The highest BCUT2D eigenvalue weighted by Crippen LogP contribution is 2.28. The van der Waals surface area contributed by atoms with Crippen molar-refractivity contribution in [2.45, 2.75) is 50.6 Å². The minimum absolute atomic E-state index is 0.483. The lowest BCUT2D eigenvalue weighted by atomic mass is 9.99. The molecule has 31 heavy (non-hydrogen) atoms. The van der Waals surface area contributed by atoms with Crippen LogP contribution in [0, 0.1) is 0 Å². The van der Waals surface area contributed by atoms with Crippen molar-refractivity contribution in [1.29, 1.82) is 0 Å². The van der Waals surface area contributed by atoms with Crippen LogP contribution in [0.15, 0.2) is 48.5 Å². The van der Waals surface area contributed by atoms with Gasteiger partial charge in [-0.25, -0.2) is 0 Å². The van der Waals surface area contributed by atoms with Crippen molar-refractivity contribution in [2.75, 3.05) is 6.61 Å². The molecular weight excluding hydrogens is 406 g/mol. The molecule has 1 heterocycles. The third kappa shape index (κ3) is 7.00. The molecule has 3 rings (SSSR count). The maximum atomic E-state index is 10.2. The maximum absolute atomic E-state index is 10.2. The Morgan fingerprint density at radius 3 is 2.16 bits per heavy atom. The number of carboxylic acids is 1. The summed E-state index contributed by atoms with van der Waals surface area (Å²) in [7, 11) is 0. The average molecular weight is 435 g/mol. The second-order valence-corrected chi connectivity index (χ2v) is 7.14. The highest BCUT2D eigenvalue weighted by molar-refractivity contribution is 5.62. The summed E-state index contributed by atoms with van der Waals surface area (Å²) in [6.45, 7) is 1.07. The first-order valence-corrected chi connectivity index (χ1v) is 9.79. The minimum atomic E-state index is -1.48. The molecule has 1 aliphatic heterocycles. The predicted molar refractivity (Wildman–Crippen MR) is 111 cm³/mol. The normalized spacial score (nSPS) is 25.3. The summed E-state index contributed by atoms with van der Waals surface area (Å²) in [5.74, 6) is -0.343. The van der Waals surface area contributed by atoms with Gasteiger partial charge in [-0.3, -0.25) is 4.79 Å². The smallest absolute Gasteiger partial charge is 0.300 e. The Labute approximate surface area is 180 Å². The van der Waals surface area contributed by atoms with Gasteiger partial charge in [0.2, 0.25) is 6.29 Å². The van der Waals surface area contributed by atoms with Crippen molar-refractivity contribution in [3.8, 4) is 5.75 Å². The van der Waals surface area contributed by atoms with E-state index in [-0.39, 0.29) is 0 Å². The Kier molecular flexibility index (Phi) is 9.38. The molecule has 2 aromatic carbocycles. The molecule has 9 nitrogen and oxygen atoms in total. The Hall–Kier alpha value is -2.53. The summed E-state index contributed by atoms with van der Waals surface area (Å²) in [4.78, 5) is 9.00. The van der Waals surface area contributed by atoms with Gasteiger partial charge in [0.25, 0.3) is 5.97 Å². The van der Waals surface area contributed by atoms with Gasteiger partial charge in [-0.05, 0) is 22.8 Å². The minimum Gasteiger partial charge on any atom is -0.481 e. The predicted octanol–water partition coefficient (Wildman–Crippen LogP) is 0.00570. The number of benzene rings is 2. The molecule has 0 aromatic heterocycles. The SMILES string of the molecule is CC(=O)O.NCc1ccc(Cc2ccccc2O[C@@H]2O[C@H](CO)[C@@H](O)[C@H](O)[C@H]2O)cc1. The number of carboxylic acid groups (broad SMARTS) is 1. The van der Waals surface area contributed by atoms with Crippen molar-refractivity contribution in [3.63, 3.8) is 0 Å². The van der Waals surface area contributed by atoms with Gasteiger partial charge in [-0.2, -0.15) is 0 Å². The van der Waals surface area contributed by atoms with Crippen LogP contribution in [-0.4, -0.2) is 68.8 Å². The summed E-state index contributed by atoms with van der Waals surface area (Å²) in [6.07, 6.45) is -5.96. The van der Waals surface area contributed by atoms with Gasteiger partial charge in [-0.15, -0.1) is 0 Å². The van der Waals surface area contributed by atoms with Crippen LogP contribution in [0.25, 0.3) is 0 Å². The van der Waals surface area contributed by atoms with E-state index in [9.17, 15) is 20.4 Å².